The fourth-order valence-corrected chi connectivity index (χ4v) is 3.92. The lowest BCUT2D eigenvalue weighted by molar-refractivity contribution is 0.223. The lowest BCUT2D eigenvalue weighted by Gasteiger charge is -2.16. The predicted molar refractivity (Wildman–Crippen MR) is 108 cm³/mol. The van der Waals surface area contributed by atoms with E-state index in [9.17, 15) is 13.7 Å². The van der Waals surface area contributed by atoms with Gasteiger partial charge in [0.25, 0.3) is 0 Å². The lowest BCUT2D eigenvalue weighted by atomic mass is 10.2. The SMILES string of the molecule is CCOc1cc(/C=C(\C#N)S(=O)(=O)c2ccccc2)c(Br)cc1OC(C)C. The average molecular weight is 450 g/mol. The van der Waals surface area contributed by atoms with Crippen molar-refractivity contribution in [3.8, 4) is 17.6 Å². The van der Waals surface area contributed by atoms with Crippen molar-refractivity contribution < 1.29 is 17.9 Å². The normalized spacial score (nSPS) is 11.9. The van der Waals surface area contributed by atoms with Crippen LogP contribution in [0, 0.1) is 11.3 Å². The van der Waals surface area contributed by atoms with E-state index in [1.54, 1.807) is 36.4 Å². The summed E-state index contributed by atoms with van der Waals surface area (Å²) in [6, 6.07) is 13.0. The molecule has 0 fully saturated rings. The molecule has 0 saturated heterocycles. The summed E-state index contributed by atoms with van der Waals surface area (Å²) < 4.78 is 37.4. The Morgan fingerprint density at radius 1 is 1.22 bits per heavy atom. The molecule has 0 radical (unpaired) electrons. The zero-order chi connectivity index (χ0) is 20.0. The molecule has 2 aromatic carbocycles. The highest BCUT2D eigenvalue weighted by Crippen LogP contribution is 2.36. The first-order valence-electron chi connectivity index (χ1n) is 8.34. The minimum Gasteiger partial charge on any atom is -0.490 e. The van der Waals surface area contributed by atoms with Crippen molar-refractivity contribution >= 4 is 31.8 Å². The molecular weight excluding hydrogens is 430 g/mol. The Balaban J connectivity index is 2.56. The molecule has 0 heterocycles. The third-order valence-corrected chi connectivity index (χ3v) is 5.83. The van der Waals surface area contributed by atoms with Crippen LogP contribution in [0.1, 0.15) is 26.3 Å². The van der Waals surface area contributed by atoms with Gasteiger partial charge in [-0.15, -0.1) is 0 Å². The molecule has 0 aromatic heterocycles. The number of ether oxygens (including phenoxy) is 2. The molecule has 27 heavy (non-hydrogen) atoms. The third-order valence-electron chi connectivity index (χ3n) is 3.47. The molecular formula is C20H20BrNO4S. The van der Waals surface area contributed by atoms with Crippen LogP contribution in [0.15, 0.2) is 56.7 Å². The molecule has 5 nitrogen and oxygen atoms in total. The second kappa shape index (κ2) is 9.07. The molecule has 0 atom stereocenters. The second-order valence-corrected chi connectivity index (χ2v) is 8.63. The number of hydrogen-bond donors (Lipinski definition) is 0. The van der Waals surface area contributed by atoms with Crippen LogP contribution in [0.5, 0.6) is 11.5 Å². The number of hydrogen-bond acceptors (Lipinski definition) is 5. The van der Waals surface area contributed by atoms with Crippen LogP contribution < -0.4 is 9.47 Å². The predicted octanol–water partition coefficient (Wildman–Crippen LogP) is 4.97. The Bertz CT molecular complexity index is 977. The van der Waals surface area contributed by atoms with E-state index in [-0.39, 0.29) is 15.9 Å². The van der Waals surface area contributed by atoms with Crippen LogP contribution in [0.25, 0.3) is 6.08 Å². The van der Waals surface area contributed by atoms with Crippen molar-refractivity contribution in [1.29, 1.82) is 5.26 Å². The molecule has 0 aliphatic carbocycles. The summed E-state index contributed by atoms with van der Waals surface area (Å²) in [5.74, 6) is 1.02. The van der Waals surface area contributed by atoms with Gasteiger partial charge in [0.1, 0.15) is 11.0 Å². The number of benzene rings is 2. The zero-order valence-corrected chi connectivity index (χ0v) is 17.7. The van der Waals surface area contributed by atoms with Crippen molar-refractivity contribution in [3.63, 3.8) is 0 Å². The van der Waals surface area contributed by atoms with E-state index in [4.69, 9.17) is 9.47 Å². The highest BCUT2D eigenvalue weighted by molar-refractivity contribution is 9.10. The quantitative estimate of drug-likeness (QED) is 0.557. The first-order valence-corrected chi connectivity index (χ1v) is 10.6. The van der Waals surface area contributed by atoms with Gasteiger partial charge in [0.05, 0.1) is 17.6 Å². The van der Waals surface area contributed by atoms with Crippen LogP contribution in [0.2, 0.25) is 0 Å². The largest absolute Gasteiger partial charge is 0.490 e. The number of allylic oxidation sites excluding steroid dienone is 1. The monoisotopic (exact) mass is 449 g/mol. The summed E-state index contributed by atoms with van der Waals surface area (Å²) in [6.45, 7) is 6.07. The van der Waals surface area contributed by atoms with Crippen molar-refractivity contribution in [1.82, 2.24) is 0 Å². The second-order valence-electron chi connectivity index (χ2n) is 5.86. The Morgan fingerprint density at radius 3 is 2.44 bits per heavy atom. The van der Waals surface area contributed by atoms with Crippen LogP contribution in [0.3, 0.4) is 0 Å². The third kappa shape index (κ3) is 5.12. The molecule has 2 aromatic rings. The number of nitrogens with zero attached hydrogens (tertiary/aromatic N) is 1. The summed E-state index contributed by atoms with van der Waals surface area (Å²) in [7, 11) is -3.91. The molecule has 0 saturated carbocycles. The van der Waals surface area contributed by atoms with Crippen LogP contribution in [0.4, 0.5) is 0 Å². The van der Waals surface area contributed by atoms with E-state index in [1.165, 1.54) is 18.2 Å². The van der Waals surface area contributed by atoms with Crippen molar-refractivity contribution in [3.05, 3.63) is 57.4 Å². The van der Waals surface area contributed by atoms with Gasteiger partial charge in [-0.05, 0) is 56.7 Å². The van der Waals surface area contributed by atoms with Crippen LogP contribution in [-0.4, -0.2) is 21.1 Å². The van der Waals surface area contributed by atoms with Gasteiger partial charge in [0, 0.05) is 4.47 Å². The molecule has 2 rings (SSSR count). The zero-order valence-electron chi connectivity index (χ0n) is 15.3. The van der Waals surface area contributed by atoms with Crippen molar-refractivity contribution in [2.45, 2.75) is 31.8 Å². The van der Waals surface area contributed by atoms with Crippen molar-refractivity contribution in [2.75, 3.05) is 6.61 Å². The maximum absolute atomic E-state index is 12.7. The average Bonchev–Trinajstić information content (AvgIpc) is 2.63. The van der Waals surface area contributed by atoms with Gasteiger partial charge < -0.3 is 9.47 Å². The van der Waals surface area contributed by atoms with Gasteiger partial charge in [0.15, 0.2) is 11.5 Å². The van der Waals surface area contributed by atoms with Crippen LogP contribution >= 0.6 is 15.9 Å². The Labute approximate surface area is 168 Å². The molecule has 0 aliphatic heterocycles. The Kier molecular flexibility index (Phi) is 7.05. The fourth-order valence-electron chi connectivity index (χ4n) is 2.31. The smallest absolute Gasteiger partial charge is 0.216 e. The van der Waals surface area contributed by atoms with E-state index in [0.717, 1.165) is 0 Å². The number of rotatable bonds is 7. The molecule has 0 N–H and O–H groups in total. The Hall–Kier alpha value is -2.30. The lowest BCUT2D eigenvalue weighted by Crippen LogP contribution is -2.08. The van der Waals surface area contributed by atoms with Gasteiger partial charge in [-0.1, -0.05) is 34.1 Å². The molecule has 142 valence electrons. The topological polar surface area (TPSA) is 76.4 Å². The van der Waals surface area contributed by atoms with E-state index < -0.39 is 9.84 Å². The first kappa shape index (κ1) is 21.0. The fraction of sp³-hybridized carbons (Fsp3) is 0.250. The maximum Gasteiger partial charge on any atom is 0.216 e. The standard InChI is InChI=1S/C20H20BrNO4S/c1-4-25-19-11-15(18(21)12-20(19)26-14(2)3)10-17(13-22)27(23,24)16-8-6-5-7-9-16/h5-12,14H,4H2,1-3H3/b17-10+. The molecule has 0 aliphatic rings. The van der Waals surface area contributed by atoms with Gasteiger partial charge in [0.2, 0.25) is 9.84 Å². The minimum atomic E-state index is -3.91. The highest BCUT2D eigenvalue weighted by atomic mass is 79.9. The van der Waals surface area contributed by atoms with Crippen LogP contribution in [-0.2, 0) is 9.84 Å². The summed E-state index contributed by atoms with van der Waals surface area (Å²) in [4.78, 5) is -0.284. The molecule has 0 amide bonds. The molecule has 0 spiro atoms. The molecule has 7 heteroatoms. The highest BCUT2D eigenvalue weighted by Gasteiger charge is 2.21. The maximum atomic E-state index is 12.7. The first-order chi connectivity index (χ1) is 12.8. The minimum absolute atomic E-state index is 0.0503. The molecule has 0 unspecified atom stereocenters. The Morgan fingerprint density at radius 2 is 1.89 bits per heavy atom. The summed E-state index contributed by atoms with van der Waals surface area (Å²) >= 11 is 3.42. The molecule has 0 bridgehead atoms. The number of nitriles is 1. The van der Waals surface area contributed by atoms with E-state index in [1.807, 2.05) is 20.8 Å². The summed E-state index contributed by atoms with van der Waals surface area (Å²) in [6.07, 6.45) is 1.28. The van der Waals surface area contributed by atoms with Gasteiger partial charge in [-0.25, -0.2) is 8.42 Å². The van der Waals surface area contributed by atoms with E-state index >= 15 is 0 Å². The number of halogens is 1. The summed E-state index contributed by atoms with van der Waals surface area (Å²) in [5, 5.41) is 9.45. The van der Waals surface area contributed by atoms with E-state index in [2.05, 4.69) is 15.9 Å². The van der Waals surface area contributed by atoms with Gasteiger partial charge in [-0.3, -0.25) is 0 Å². The van der Waals surface area contributed by atoms with E-state index in [0.29, 0.717) is 28.1 Å². The van der Waals surface area contributed by atoms with Gasteiger partial charge in [-0.2, -0.15) is 5.26 Å². The van der Waals surface area contributed by atoms with Gasteiger partial charge >= 0.3 is 0 Å². The summed E-state index contributed by atoms with van der Waals surface area (Å²) in [5.41, 5.74) is 0.505. The van der Waals surface area contributed by atoms with Crippen molar-refractivity contribution in [2.24, 2.45) is 0 Å². The number of sulfone groups is 1.